The molecule has 0 amide bonds. The number of terminal acetylenes is 1. The number of nitrogens with zero attached hydrogens (tertiary/aromatic N) is 5. The fraction of sp³-hybridized carbons (Fsp3) is 0.261. The summed E-state index contributed by atoms with van der Waals surface area (Å²) >= 11 is 0. The standard InChI is InChI=1S/C23H19N5O3/c1-3-15-4-6-16(7-5-15)17-10-18(11-17)28-23(30)31-19(26-28)12-27-13-25-21-20(22(27)29)14(2)8-9-24-21/h1,4-9,13,17-18H,10-12H2,2H3. The monoisotopic (exact) mass is 413 g/mol. The first kappa shape index (κ1) is 19.0. The van der Waals surface area contributed by atoms with Gasteiger partial charge in [-0.3, -0.25) is 9.36 Å². The van der Waals surface area contributed by atoms with E-state index in [4.69, 9.17) is 10.8 Å². The number of hydrogen-bond donors (Lipinski definition) is 0. The molecule has 1 aliphatic rings. The molecule has 0 spiro atoms. The molecule has 1 fully saturated rings. The van der Waals surface area contributed by atoms with Gasteiger partial charge in [0.25, 0.3) is 5.56 Å². The van der Waals surface area contributed by atoms with Crippen molar-refractivity contribution in [1.29, 1.82) is 0 Å². The number of aryl methyl sites for hydroxylation is 1. The summed E-state index contributed by atoms with van der Waals surface area (Å²) in [4.78, 5) is 33.5. The summed E-state index contributed by atoms with van der Waals surface area (Å²) in [5.41, 5.74) is 2.99. The summed E-state index contributed by atoms with van der Waals surface area (Å²) in [6.07, 6.45) is 10.0. The molecule has 4 aromatic rings. The van der Waals surface area contributed by atoms with E-state index in [0.29, 0.717) is 17.0 Å². The Morgan fingerprint density at radius 3 is 2.68 bits per heavy atom. The average Bonchev–Trinajstić information content (AvgIpc) is 3.09. The number of hydrogen-bond acceptors (Lipinski definition) is 6. The molecule has 1 aromatic carbocycles. The highest BCUT2D eigenvalue weighted by atomic mass is 16.4. The first-order valence-corrected chi connectivity index (χ1v) is 9.99. The molecule has 0 aliphatic heterocycles. The average molecular weight is 413 g/mol. The summed E-state index contributed by atoms with van der Waals surface area (Å²) in [6, 6.07) is 9.65. The molecule has 5 rings (SSSR count). The van der Waals surface area contributed by atoms with Crippen molar-refractivity contribution in [2.24, 2.45) is 0 Å². The van der Waals surface area contributed by atoms with Crippen LogP contribution in [0.25, 0.3) is 11.0 Å². The van der Waals surface area contributed by atoms with Crippen LogP contribution < -0.4 is 11.3 Å². The molecule has 8 nitrogen and oxygen atoms in total. The zero-order chi connectivity index (χ0) is 21.5. The maximum Gasteiger partial charge on any atom is 0.437 e. The van der Waals surface area contributed by atoms with E-state index >= 15 is 0 Å². The topological polar surface area (TPSA) is 95.8 Å². The predicted molar refractivity (Wildman–Crippen MR) is 114 cm³/mol. The van der Waals surface area contributed by atoms with Crippen LogP contribution in [-0.4, -0.2) is 24.3 Å². The van der Waals surface area contributed by atoms with Crippen LogP contribution >= 0.6 is 0 Å². The Hall–Kier alpha value is -3.99. The lowest BCUT2D eigenvalue weighted by Crippen LogP contribution is -2.31. The van der Waals surface area contributed by atoms with Gasteiger partial charge in [-0.05, 0) is 55.0 Å². The van der Waals surface area contributed by atoms with Gasteiger partial charge in [0.05, 0.1) is 11.4 Å². The molecule has 0 unspecified atom stereocenters. The van der Waals surface area contributed by atoms with Gasteiger partial charge >= 0.3 is 5.76 Å². The first-order chi connectivity index (χ1) is 15.0. The Balaban J connectivity index is 1.34. The van der Waals surface area contributed by atoms with Gasteiger partial charge < -0.3 is 4.42 Å². The highest BCUT2D eigenvalue weighted by molar-refractivity contribution is 5.76. The van der Waals surface area contributed by atoms with Gasteiger partial charge in [0, 0.05) is 11.8 Å². The van der Waals surface area contributed by atoms with Crippen molar-refractivity contribution in [3.8, 4) is 12.3 Å². The molecule has 1 saturated carbocycles. The summed E-state index contributed by atoms with van der Waals surface area (Å²) in [5, 5.41) is 4.78. The van der Waals surface area contributed by atoms with E-state index in [9.17, 15) is 9.59 Å². The highest BCUT2D eigenvalue weighted by Crippen LogP contribution is 2.43. The molecule has 3 aromatic heterocycles. The minimum Gasteiger partial charge on any atom is -0.390 e. The van der Waals surface area contributed by atoms with Crippen LogP contribution in [0.1, 0.15) is 47.4 Å². The fourth-order valence-electron chi connectivity index (χ4n) is 4.02. The summed E-state index contributed by atoms with van der Waals surface area (Å²) in [5.74, 6) is 2.63. The van der Waals surface area contributed by atoms with Crippen LogP contribution in [0.3, 0.4) is 0 Å². The lowest BCUT2D eigenvalue weighted by molar-refractivity contribution is 0.233. The number of aromatic nitrogens is 5. The van der Waals surface area contributed by atoms with Crippen molar-refractivity contribution in [3.63, 3.8) is 0 Å². The Morgan fingerprint density at radius 2 is 1.94 bits per heavy atom. The third-order valence-corrected chi connectivity index (χ3v) is 5.86. The molecular formula is C23H19N5O3. The van der Waals surface area contributed by atoms with Crippen molar-refractivity contribution in [1.82, 2.24) is 24.3 Å². The maximum atomic E-state index is 12.8. The van der Waals surface area contributed by atoms with Gasteiger partial charge in [-0.1, -0.05) is 18.1 Å². The van der Waals surface area contributed by atoms with E-state index < -0.39 is 5.76 Å². The first-order valence-electron chi connectivity index (χ1n) is 9.99. The molecule has 0 bridgehead atoms. The minimum atomic E-state index is -0.513. The molecular weight excluding hydrogens is 394 g/mol. The largest absolute Gasteiger partial charge is 0.437 e. The van der Waals surface area contributed by atoms with Gasteiger partial charge in [0.1, 0.15) is 12.9 Å². The molecule has 31 heavy (non-hydrogen) atoms. The van der Waals surface area contributed by atoms with Crippen LogP contribution in [0.4, 0.5) is 0 Å². The van der Waals surface area contributed by atoms with Crippen molar-refractivity contribution in [3.05, 3.63) is 86.3 Å². The van der Waals surface area contributed by atoms with Gasteiger partial charge in [-0.15, -0.1) is 11.5 Å². The Kier molecular flexibility index (Phi) is 4.51. The molecule has 0 atom stereocenters. The van der Waals surface area contributed by atoms with E-state index in [1.807, 2.05) is 31.2 Å². The van der Waals surface area contributed by atoms with Crippen molar-refractivity contribution in [2.45, 2.75) is 38.3 Å². The smallest absolute Gasteiger partial charge is 0.390 e. The number of benzene rings is 1. The minimum absolute atomic E-state index is 0.0276. The van der Waals surface area contributed by atoms with E-state index in [2.05, 4.69) is 21.0 Å². The van der Waals surface area contributed by atoms with Gasteiger partial charge in [0.15, 0.2) is 5.65 Å². The van der Waals surface area contributed by atoms with Crippen LogP contribution in [0.5, 0.6) is 0 Å². The Bertz CT molecular complexity index is 1430. The number of fused-ring (bicyclic) bond motifs is 1. The van der Waals surface area contributed by atoms with Crippen molar-refractivity contribution >= 4 is 11.0 Å². The normalized spacial score (nSPS) is 17.9. The van der Waals surface area contributed by atoms with Crippen LogP contribution in [-0.2, 0) is 6.54 Å². The van der Waals surface area contributed by atoms with Crippen molar-refractivity contribution in [2.75, 3.05) is 0 Å². The van der Waals surface area contributed by atoms with E-state index in [1.165, 1.54) is 21.1 Å². The van der Waals surface area contributed by atoms with Crippen LogP contribution in [0.15, 0.2) is 56.9 Å². The highest BCUT2D eigenvalue weighted by Gasteiger charge is 2.34. The molecule has 8 heteroatoms. The third kappa shape index (κ3) is 3.34. The van der Waals surface area contributed by atoms with Gasteiger partial charge in [0.2, 0.25) is 5.89 Å². The van der Waals surface area contributed by atoms with E-state index in [1.54, 1.807) is 12.3 Å². The quantitative estimate of drug-likeness (QED) is 0.477. The van der Waals surface area contributed by atoms with Crippen LogP contribution in [0.2, 0.25) is 0 Å². The fourth-order valence-corrected chi connectivity index (χ4v) is 4.02. The Morgan fingerprint density at radius 1 is 1.16 bits per heavy atom. The summed E-state index contributed by atoms with van der Waals surface area (Å²) in [6.45, 7) is 1.86. The van der Waals surface area contributed by atoms with Crippen LogP contribution in [0, 0.1) is 19.3 Å². The second-order valence-corrected chi connectivity index (χ2v) is 7.80. The summed E-state index contributed by atoms with van der Waals surface area (Å²) < 4.78 is 8.08. The molecule has 154 valence electrons. The second kappa shape index (κ2) is 7.36. The maximum absolute atomic E-state index is 12.8. The van der Waals surface area contributed by atoms with Gasteiger partial charge in [-0.25, -0.2) is 14.8 Å². The third-order valence-electron chi connectivity index (χ3n) is 5.86. The van der Waals surface area contributed by atoms with E-state index in [-0.39, 0.29) is 24.0 Å². The summed E-state index contributed by atoms with van der Waals surface area (Å²) in [7, 11) is 0. The molecule has 0 saturated heterocycles. The van der Waals surface area contributed by atoms with E-state index in [0.717, 1.165) is 24.0 Å². The second-order valence-electron chi connectivity index (χ2n) is 7.80. The SMILES string of the molecule is C#Cc1ccc(C2CC(n3nc(Cn4cnc5nccc(C)c5c4=O)oc3=O)C2)cc1. The lowest BCUT2D eigenvalue weighted by atomic mass is 9.76. The number of pyridine rings is 1. The zero-order valence-electron chi connectivity index (χ0n) is 16.9. The van der Waals surface area contributed by atoms with Crippen molar-refractivity contribution < 1.29 is 4.42 Å². The molecule has 1 aliphatic carbocycles. The molecule has 0 N–H and O–H groups in total. The Labute approximate surface area is 177 Å². The number of rotatable bonds is 4. The molecule has 3 heterocycles. The zero-order valence-corrected chi connectivity index (χ0v) is 16.9. The van der Waals surface area contributed by atoms with Gasteiger partial charge in [-0.2, -0.15) is 4.68 Å². The lowest BCUT2D eigenvalue weighted by Gasteiger charge is -2.34. The molecule has 0 radical (unpaired) electrons. The predicted octanol–water partition coefficient (Wildman–Crippen LogP) is 2.40.